The SMILES string of the molecule is COCCOCC(=O)NC1CCC(C)CC1. The van der Waals surface area contributed by atoms with Crippen LogP contribution in [0.1, 0.15) is 32.6 Å². The van der Waals surface area contributed by atoms with Gasteiger partial charge in [-0.15, -0.1) is 0 Å². The second-order valence-electron chi connectivity index (χ2n) is 4.57. The van der Waals surface area contributed by atoms with Gasteiger partial charge in [0, 0.05) is 13.2 Å². The fourth-order valence-electron chi connectivity index (χ4n) is 1.98. The number of carbonyl (C=O) groups excluding carboxylic acids is 1. The molecule has 1 aliphatic rings. The highest BCUT2D eigenvalue weighted by Gasteiger charge is 2.19. The molecular formula is C12H23NO3. The van der Waals surface area contributed by atoms with E-state index in [1.807, 2.05) is 0 Å². The molecule has 1 aliphatic carbocycles. The molecule has 0 aliphatic heterocycles. The number of methoxy groups -OCH3 is 1. The molecule has 0 heterocycles. The van der Waals surface area contributed by atoms with E-state index in [9.17, 15) is 4.79 Å². The third kappa shape index (κ3) is 5.47. The second-order valence-corrected chi connectivity index (χ2v) is 4.57. The molecule has 4 heteroatoms. The fourth-order valence-corrected chi connectivity index (χ4v) is 1.98. The van der Waals surface area contributed by atoms with Crippen molar-refractivity contribution in [2.24, 2.45) is 5.92 Å². The minimum atomic E-state index is -0.00402. The van der Waals surface area contributed by atoms with Gasteiger partial charge in [0.05, 0.1) is 13.2 Å². The lowest BCUT2D eigenvalue weighted by Gasteiger charge is -2.26. The summed E-state index contributed by atoms with van der Waals surface area (Å²) >= 11 is 0. The van der Waals surface area contributed by atoms with Gasteiger partial charge in [-0.25, -0.2) is 0 Å². The summed E-state index contributed by atoms with van der Waals surface area (Å²) in [5.74, 6) is 0.807. The van der Waals surface area contributed by atoms with Crippen LogP contribution < -0.4 is 5.32 Å². The average molecular weight is 229 g/mol. The van der Waals surface area contributed by atoms with Gasteiger partial charge in [0.15, 0.2) is 0 Å². The van der Waals surface area contributed by atoms with Crippen molar-refractivity contribution >= 4 is 5.91 Å². The monoisotopic (exact) mass is 229 g/mol. The summed E-state index contributed by atoms with van der Waals surface area (Å²) in [5, 5.41) is 3.01. The number of hydrogen-bond donors (Lipinski definition) is 1. The van der Waals surface area contributed by atoms with E-state index in [4.69, 9.17) is 9.47 Å². The molecule has 1 fully saturated rings. The van der Waals surface area contributed by atoms with Crippen molar-refractivity contribution in [3.05, 3.63) is 0 Å². The molecule has 0 aromatic heterocycles. The van der Waals surface area contributed by atoms with E-state index in [1.54, 1.807) is 7.11 Å². The van der Waals surface area contributed by atoms with Crippen LogP contribution in [0.15, 0.2) is 0 Å². The first-order valence-electron chi connectivity index (χ1n) is 6.08. The van der Waals surface area contributed by atoms with E-state index in [0.29, 0.717) is 19.3 Å². The maximum absolute atomic E-state index is 11.5. The van der Waals surface area contributed by atoms with Gasteiger partial charge in [-0.1, -0.05) is 6.92 Å². The summed E-state index contributed by atoms with van der Waals surface area (Å²) in [6, 6.07) is 0.356. The van der Waals surface area contributed by atoms with Gasteiger partial charge in [-0.3, -0.25) is 4.79 Å². The highest BCUT2D eigenvalue weighted by molar-refractivity contribution is 5.77. The smallest absolute Gasteiger partial charge is 0.246 e. The van der Waals surface area contributed by atoms with Crippen LogP contribution in [0.25, 0.3) is 0 Å². The van der Waals surface area contributed by atoms with Gasteiger partial charge in [-0.05, 0) is 31.6 Å². The number of rotatable bonds is 6. The van der Waals surface area contributed by atoms with Crippen LogP contribution in [0.2, 0.25) is 0 Å². The van der Waals surface area contributed by atoms with Gasteiger partial charge < -0.3 is 14.8 Å². The van der Waals surface area contributed by atoms with Gasteiger partial charge in [0.2, 0.25) is 5.91 Å². The number of amides is 1. The largest absolute Gasteiger partial charge is 0.382 e. The topological polar surface area (TPSA) is 47.6 Å². The molecule has 0 aromatic rings. The molecule has 4 nitrogen and oxygen atoms in total. The summed E-state index contributed by atoms with van der Waals surface area (Å²) in [7, 11) is 1.62. The van der Waals surface area contributed by atoms with Crippen molar-refractivity contribution in [1.82, 2.24) is 5.32 Å². The van der Waals surface area contributed by atoms with Crippen molar-refractivity contribution in [2.75, 3.05) is 26.9 Å². The first-order valence-corrected chi connectivity index (χ1v) is 6.08. The predicted octanol–water partition coefficient (Wildman–Crippen LogP) is 1.34. The Morgan fingerprint density at radius 3 is 2.56 bits per heavy atom. The average Bonchev–Trinajstić information content (AvgIpc) is 2.28. The number of nitrogens with one attached hydrogen (secondary N) is 1. The molecule has 1 N–H and O–H groups in total. The van der Waals surface area contributed by atoms with Crippen LogP contribution in [-0.4, -0.2) is 38.9 Å². The third-order valence-electron chi connectivity index (χ3n) is 3.05. The van der Waals surface area contributed by atoms with E-state index in [0.717, 1.165) is 18.8 Å². The van der Waals surface area contributed by atoms with Crippen molar-refractivity contribution < 1.29 is 14.3 Å². The van der Waals surface area contributed by atoms with Crippen LogP contribution in [0, 0.1) is 5.92 Å². The van der Waals surface area contributed by atoms with Crippen LogP contribution in [0.4, 0.5) is 0 Å². The van der Waals surface area contributed by atoms with Crippen LogP contribution in [0.3, 0.4) is 0 Å². The lowest BCUT2D eigenvalue weighted by molar-refractivity contribution is -0.127. The Bertz CT molecular complexity index is 200. The van der Waals surface area contributed by atoms with E-state index >= 15 is 0 Å². The molecule has 0 bridgehead atoms. The summed E-state index contributed by atoms with van der Waals surface area (Å²) in [4.78, 5) is 11.5. The fraction of sp³-hybridized carbons (Fsp3) is 0.917. The molecule has 94 valence electrons. The van der Waals surface area contributed by atoms with E-state index in [2.05, 4.69) is 12.2 Å². The molecule has 1 rings (SSSR count). The molecule has 0 atom stereocenters. The molecule has 16 heavy (non-hydrogen) atoms. The first-order chi connectivity index (χ1) is 7.72. The minimum Gasteiger partial charge on any atom is -0.382 e. The molecule has 0 aromatic carbocycles. The van der Waals surface area contributed by atoms with E-state index in [1.165, 1.54) is 12.8 Å². The lowest BCUT2D eigenvalue weighted by atomic mass is 9.87. The van der Waals surface area contributed by atoms with E-state index in [-0.39, 0.29) is 12.5 Å². The zero-order valence-corrected chi connectivity index (χ0v) is 10.3. The highest BCUT2D eigenvalue weighted by Crippen LogP contribution is 2.23. The molecule has 0 spiro atoms. The first kappa shape index (κ1) is 13.5. The van der Waals surface area contributed by atoms with Gasteiger partial charge in [-0.2, -0.15) is 0 Å². The van der Waals surface area contributed by atoms with Crippen molar-refractivity contribution in [3.8, 4) is 0 Å². The lowest BCUT2D eigenvalue weighted by Crippen LogP contribution is -2.39. The molecule has 0 unspecified atom stereocenters. The Morgan fingerprint density at radius 1 is 1.25 bits per heavy atom. The zero-order valence-electron chi connectivity index (χ0n) is 10.3. The van der Waals surface area contributed by atoms with Gasteiger partial charge in [0.1, 0.15) is 6.61 Å². The number of ether oxygens (including phenoxy) is 2. The predicted molar refractivity (Wildman–Crippen MR) is 62.3 cm³/mol. The van der Waals surface area contributed by atoms with Crippen LogP contribution in [-0.2, 0) is 14.3 Å². The summed E-state index contributed by atoms with van der Waals surface area (Å²) in [6.45, 7) is 3.43. The molecular weight excluding hydrogens is 206 g/mol. The molecule has 1 amide bonds. The molecule has 0 radical (unpaired) electrons. The maximum atomic E-state index is 11.5. The van der Waals surface area contributed by atoms with Crippen molar-refractivity contribution in [3.63, 3.8) is 0 Å². The normalized spacial score (nSPS) is 25.4. The Morgan fingerprint density at radius 2 is 1.94 bits per heavy atom. The summed E-state index contributed by atoms with van der Waals surface area (Å²) in [5.41, 5.74) is 0. The van der Waals surface area contributed by atoms with Crippen LogP contribution in [0.5, 0.6) is 0 Å². The Balaban J connectivity index is 2.05. The van der Waals surface area contributed by atoms with Crippen molar-refractivity contribution in [1.29, 1.82) is 0 Å². The van der Waals surface area contributed by atoms with Crippen LogP contribution >= 0.6 is 0 Å². The zero-order chi connectivity index (χ0) is 11.8. The van der Waals surface area contributed by atoms with Gasteiger partial charge >= 0.3 is 0 Å². The standard InChI is InChI=1S/C12H23NO3/c1-10-3-5-11(6-4-10)13-12(14)9-16-8-7-15-2/h10-11H,3-9H2,1-2H3,(H,13,14). The van der Waals surface area contributed by atoms with Crippen molar-refractivity contribution in [2.45, 2.75) is 38.6 Å². The molecule has 1 saturated carbocycles. The Kier molecular flexibility index (Phi) is 6.42. The van der Waals surface area contributed by atoms with Gasteiger partial charge in [0.25, 0.3) is 0 Å². The van der Waals surface area contributed by atoms with E-state index < -0.39 is 0 Å². The summed E-state index contributed by atoms with van der Waals surface area (Å²) < 4.78 is 9.99. The number of hydrogen-bond acceptors (Lipinski definition) is 3. The quantitative estimate of drug-likeness (QED) is 0.699. The highest BCUT2D eigenvalue weighted by atomic mass is 16.5. The maximum Gasteiger partial charge on any atom is 0.246 e. The minimum absolute atomic E-state index is 0.00402. The Hall–Kier alpha value is -0.610. The second kappa shape index (κ2) is 7.63. The molecule has 0 saturated heterocycles. The summed E-state index contributed by atoms with van der Waals surface area (Å²) in [6.07, 6.45) is 4.64. The third-order valence-corrected chi connectivity index (χ3v) is 3.05. The number of carbonyl (C=O) groups is 1. The Labute approximate surface area is 97.7 Å².